The van der Waals surface area contributed by atoms with Crippen molar-refractivity contribution in [1.29, 1.82) is 0 Å². The topological polar surface area (TPSA) is 86.7 Å². The number of nitrogens with zero attached hydrogens (tertiary/aromatic N) is 1. The van der Waals surface area contributed by atoms with E-state index in [0.717, 1.165) is 11.1 Å². The van der Waals surface area contributed by atoms with E-state index in [4.69, 9.17) is 5.11 Å². The van der Waals surface area contributed by atoms with Crippen molar-refractivity contribution in [3.05, 3.63) is 35.4 Å². The van der Waals surface area contributed by atoms with Crippen LogP contribution in [0.1, 0.15) is 63.6 Å². The van der Waals surface area contributed by atoms with E-state index in [1.54, 1.807) is 14.1 Å². The molecule has 6 heteroatoms. The van der Waals surface area contributed by atoms with Gasteiger partial charge in [0.05, 0.1) is 12.5 Å². The number of benzene rings is 1. The summed E-state index contributed by atoms with van der Waals surface area (Å²) in [5, 5.41) is 11.9. The molecule has 0 heterocycles. The highest BCUT2D eigenvalue weighted by atomic mass is 16.4. The van der Waals surface area contributed by atoms with Crippen molar-refractivity contribution in [2.24, 2.45) is 0 Å². The molecule has 1 aromatic rings. The Morgan fingerprint density at radius 3 is 2.12 bits per heavy atom. The molecule has 1 aromatic carbocycles. The van der Waals surface area contributed by atoms with Crippen LogP contribution in [-0.2, 0) is 19.8 Å². The molecule has 0 saturated carbocycles. The predicted octanol–water partition coefficient (Wildman–Crippen LogP) is 2.87. The lowest BCUT2D eigenvalue weighted by atomic mass is 9.86. The third-order valence-electron chi connectivity index (χ3n) is 4.19. The number of carbonyl (C=O) groups excluding carboxylic acids is 2. The highest BCUT2D eigenvalue weighted by Gasteiger charge is 2.20. The van der Waals surface area contributed by atoms with Gasteiger partial charge in [0.25, 0.3) is 0 Å². The van der Waals surface area contributed by atoms with Gasteiger partial charge < -0.3 is 15.3 Å². The second kappa shape index (κ2) is 9.36. The molecule has 2 amide bonds. The number of aliphatic carboxylic acids is 1. The Hall–Kier alpha value is -2.37. The first kappa shape index (κ1) is 21.7. The van der Waals surface area contributed by atoms with Gasteiger partial charge in [0.2, 0.25) is 11.8 Å². The van der Waals surface area contributed by atoms with Gasteiger partial charge in [0.1, 0.15) is 0 Å². The SMILES string of the molecule is CN(C)C(=O)CCCC(=O)NC(CC(=O)O)c1ccc(C(C)(C)C)cc1. The molecule has 26 heavy (non-hydrogen) atoms. The summed E-state index contributed by atoms with van der Waals surface area (Å²) >= 11 is 0. The first-order valence-electron chi connectivity index (χ1n) is 8.82. The Morgan fingerprint density at radius 1 is 1.08 bits per heavy atom. The minimum absolute atomic E-state index is 0.00302. The highest BCUT2D eigenvalue weighted by molar-refractivity contribution is 5.79. The summed E-state index contributed by atoms with van der Waals surface area (Å²) < 4.78 is 0. The first-order chi connectivity index (χ1) is 12.0. The standard InChI is InChI=1S/C20H30N2O4/c1-20(2,3)15-11-9-14(10-12-15)16(13-19(25)26)21-17(23)7-6-8-18(24)22(4)5/h9-12,16H,6-8,13H2,1-5H3,(H,21,23)(H,25,26). The predicted molar refractivity (Wildman–Crippen MR) is 101 cm³/mol. The molecule has 1 unspecified atom stereocenters. The zero-order chi connectivity index (χ0) is 19.9. The average molecular weight is 362 g/mol. The molecule has 1 rings (SSSR count). The van der Waals surface area contributed by atoms with Crippen LogP contribution in [0.4, 0.5) is 0 Å². The van der Waals surface area contributed by atoms with E-state index in [0.29, 0.717) is 12.8 Å². The summed E-state index contributed by atoms with van der Waals surface area (Å²) in [6.45, 7) is 6.31. The van der Waals surface area contributed by atoms with Gasteiger partial charge in [0.15, 0.2) is 0 Å². The van der Waals surface area contributed by atoms with E-state index in [1.807, 2.05) is 24.3 Å². The van der Waals surface area contributed by atoms with Crippen LogP contribution in [0.15, 0.2) is 24.3 Å². The summed E-state index contributed by atoms with van der Waals surface area (Å²) in [7, 11) is 3.35. The fourth-order valence-electron chi connectivity index (χ4n) is 2.53. The smallest absolute Gasteiger partial charge is 0.305 e. The number of hydrogen-bond acceptors (Lipinski definition) is 3. The molecular formula is C20H30N2O4. The van der Waals surface area contributed by atoms with Crippen LogP contribution in [0.3, 0.4) is 0 Å². The minimum atomic E-state index is -0.974. The second-order valence-electron chi connectivity index (χ2n) is 7.73. The molecule has 0 aliphatic rings. The molecule has 0 aromatic heterocycles. The average Bonchev–Trinajstić information content (AvgIpc) is 2.53. The maximum atomic E-state index is 12.2. The van der Waals surface area contributed by atoms with E-state index >= 15 is 0 Å². The van der Waals surface area contributed by atoms with Crippen molar-refractivity contribution in [3.63, 3.8) is 0 Å². The molecule has 0 aliphatic carbocycles. The fourth-order valence-corrected chi connectivity index (χ4v) is 2.53. The molecule has 0 radical (unpaired) electrons. The van der Waals surface area contributed by atoms with Crippen molar-refractivity contribution in [3.8, 4) is 0 Å². The molecule has 6 nitrogen and oxygen atoms in total. The largest absolute Gasteiger partial charge is 0.481 e. The van der Waals surface area contributed by atoms with E-state index in [-0.39, 0.29) is 30.1 Å². The van der Waals surface area contributed by atoms with Gasteiger partial charge in [-0.15, -0.1) is 0 Å². The lowest BCUT2D eigenvalue weighted by Crippen LogP contribution is -2.30. The summed E-state index contributed by atoms with van der Waals surface area (Å²) in [6, 6.07) is 7.07. The van der Waals surface area contributed by atoms with Crippen LogP contribution in [0.2, 0.25) is 0 Å². The Kier molecular flexibility index (Phi) is 7.80. The number of carboxylic acid groups (broad SMARTS) is 1. The van der Waals surface area contributed by atoms with Gasteiger partial charge in [0, 0.05) is 26.9 Å². The molecule has 0 fully saturated rings. The fraction of sp³-hybridized carbons (Fsp3) is 0.550. The monoisotopic (exact) mass is 362 g/mol. The van der Waals surface area contributed by atoms with E-state index < -0.39 is 12.0 Å². The van der Waals surface area contributed by atoms with Crippen LogP contribution in [0.5, 0.6) is 0 Å². The molecule has 1 atom stereocenters. The quantitative estimate of drug-likeness (QED) is 0.744. The van der Waals surface area contributed by atoms with Crippen molar-refractivity contribution >= 4 is 17.8 Å². The zero-order valence-electron chi connectivity index (χ0n) is 16.3. The number of carboxylic acids is 1. The molecule has 144 valence electrons. The van der Waals surface area contributed by atoms with Crippen LogP contribution >= 0.6 is 0 Å². The van der Waals surface area contributed by atoms with E-state index in [1.165, 1.54) is 4.90 Å². The van der Waals surface area contributed by atoms with Crippen molar-refractivity contribution in [1.82, 2.24) is 10.2 Å². The van der Waals surface area contributed by atoms with Gasteiger partial charge in [-0.1, -0.05) is 45.0 Å². The number of amides is 2. The lowest BCUT2D eigenvalue weighted by Gasteiger charge is -2.22. The molecule has 0 spiro atoms. The molecule has 0 saturated heterocycles. The Labute approximate surface area is 155 Å². The third kappa shape index (κ3) is 7.25. The van der Waals surface area contributed by atoms with Crippen molar-refractivity contribution in [2.45, 2.75) is 57.9 Å². The normalized spacial score (nSPS) is 12.3. The summed E-state index contributed by atoms with van der Waals surface area (Å²) in [5.41, 5.74) is 1.91. The molecule has 0 aliphatic heterocycles. The summed E-state index contributed by atoms with van der Waals surface area (Å²) in [6.07, 6.45) is 0.739. The van der Waals surface area contributed by atoms with Gasteiger partial charge in [-0.3, -0.25) is 14.4 Å². The first-order valence-corrected chi connectivity index (χ1v) is 8.82. The number of carbonyl (C=O) groups is 3. The maximum absolute atomic E-state index is 12.2. The Bertz CT molecular complexity index is 630. The van der Waals surface area contributed by atoms with Gasteiger partial charge in [-0.05, 0) is 23.0 Å². The van der Waals surface area contributed by atoms with Crippen molar-refractivity contribution < 1.29 is 19.5 Å². The van der Waals surface area contributed by atoms with Gasteiger partial charge >= 0.3 is 5.97 Å². The van der Waals surface area contributed by atoms with Crippen molar-refractivity contribution in [2.75, 3.05) is 14.1 Å². The Morgan fingerprint density at radius 2 is 1.65 bits per heavy atom. The van der Waals surface area contributed by atoms with Crippen LogP contribution in [0, 0.1) is 0 Å². The number of hydrogen-bond donors (Lipinski definition) is 2. The lowest BCUT2D eigenvalue weighted by molar-refractivity contribution is -0.137. The molecular weight excluding hydrogens is 332 g/mol. The van der Waals surface area contributed by atoms with Crippen LogP contribution in [-0.4, -0.2) is 41.9 Å². The minimum Gasteiger partial charge on any atom is -0.481 e. The van der Waals surface area contributed by atoms with Gasteiger partial charge in [-0.25, -0.2) is 0 Å². The summed E-state index contributed by atoms with van der Waals surface area (Å²) in [5.74, 6) is -1.25. The zero-order valence-corrected chi connectivity index (χ0v) is 16.3. The number of nitrogens with one attached hydrogen (secondary N) is 1. The van der Waals surface area contributed by atoms with Gasteiger partial charge in [-0.2, -0.15) is 0 Å². The highest BCUT2D eigenvalue weighted by Crippen LogP contribution is 2.25. The van der Waals surface area contributed by atoms with E-state index in [9.17, 15) is 14.4 Å². The van der Waals surface area contributed by atoms with Crippen LogP contribution in [0.25, 0.3) is 0 Å². The van der Waals surface area contributed by atoms with Crippen LogP contribution < -0.4 is 5.32 Å². The maximum Gasteiger partial charge on any atom is 0.305 e. The Balaban J connectivity index is 2.73. The summed E-state index contributed by atoms with van der Waals surface area (Å²) in [4.78, 5) is 36.4. The third-order valence-corrected chi connectivity index (χ3v) is 4.19. The molecule has 2 N–H and O–H groups in total. The van der Waals surface area contributed by atoms with E-state index in [2.05, 4.69) is 26.1 Å². The second-order valence-corrected chi connectivity index (χ2v) is 7.73. The number of rotatable bonds is 8. The molecule has 0 bridgehead atoms.